The first-order valence-electron chi connectivity index (χ1n) is 4.68. The van der Waals surface area contributed by atoms with Crippen LogP contribution in [0, 0.1) is 13.8 Å². The number of nitrogens with zero attached hydrogens (tertiary/aromatic N) is 3. The van der Waals surface area contributed by atoms with Gasteiger partial charge in [0.2, 0.25) is 0 Å². The van der Waals surface area contributed by atoms with Crippen molar-refractivity contribution in [2.75, 3.05) is 14.1 Å². The smallest absolute Gasteiger partial charge is 0.153 e. The second kappa shape index (κ2) is 4.68. The first-order chi connectivity index (χ1) is 7.04. The molecule has 0 N–H and O–H groups in total. The summed E-state index contributed by atoms with van der Waals surface area (Å²) < 4.78 is 0. The van der Waals surface area contributed by atoms with Crippen LogP contribution in [-0.2, 0) is 4.79 Å². The van der Waals surface area contributed by atoms with Crippen molar-refractivity contribution in [1.82, 2.24) is 14.9 Å². The number of carbonyl (C=O) groups excluding carboxylic acids is 1. The van der Waals surface area contributed by atoms with E-state index in [1.807, 2.05) is 32.8 Å². The molecule has 0 aliphatic carbocycles. The van der Waals surface area contributed by atoms with E-state index in [1.54, 1.807) is 12.4 Å². The molecule has 0 aromatic carbocycles. The molecule has 0 atom stereocenters. The highest BCUT2D eigenvalue weighted by atomic mass is 16.1. The molecule has 0 radical (unpaired) electrons. The fourth-order valence-electron chi connectivity index (χ4n) is 1.24. The number of aromatic nitrogens is 2. The second-order valence-electron chi connectivity index (χ2n) is 3.61. The lowest BCUT2D eigenvalue weighted by Gasteiger charge is -2.09. The van der Waals surface area contributed by atoms with Gasteiger partial charge in [-0.3, -0.25) is 9.78 Å². The van der Waals surface area contributed by atoms with Gasteiger partial charge in [0.05, 0.1) is 22.7 Å². The van der Waals surface area contributed by atoms with E-state index in [4.69, 9.17) is 0 Å². The fourth-order valence-corrected chi connectivity index (χ4v) is 1.24. The number of aryl methyl sites for hydroxylation is 2. The highest BCUT2D eigenvalue weighted by molar-refractivity contribution is 6.06. The van der Waals surface area contributed by atoms with Crippen LogP contribution in [0.4, 0.5) is 0 Å². The van der Waals surface area contributed by atoms with Crippen LogP contribution in [0.2, 0.25) is 0 Å². The van der Waals surface area contributed by atoms with Crippen molar-refractivity contribution in [1.29, 1.82) is 0 Å². The number of rotatable bonds is 3. The lowest BCUT2D eigenvalue weighted by atomic mass is 10.1. The Hall–Kier alpha value is -1.71. The Balaban J connectivity index is 3.23. The molecule has 4 heteroatoms. The molecule has 0 aliphatic rings. The molecule has 80 valence electrons. The molecule has 0 amide bonds. The Morgan fingerprint density at radius 2 is 2.07 bits per heavy atom. The summed E-state index contributed by atoms with van der Waals surface area (Å²) in [4.78, 5) is 21.2. The molecule has 15 heavy (non-hydrogen) atoms. The van der Waals surface area contributed by atoms with Gasteiger partial charge in [-0.25, -0.2) is 4.98 Å². The van der Waals surface area contributed by atoms with E-state index >= 15 is 0 Å². The fraction of sp³-hybridized carbons (Fsp3) is 0.364. The molecular formula is C11H15N3O. The lowest BCUT2D eigenvalue weighted by molar-refractivity contribution is -0.103. The van der Waals surface area contributed by atoms with Crippen LogP contribution in [0.5, 0.6) is 0 Å². The number of aldehydes is 1. The molecular weight excluding hydrogens is 190 g/mol. The van der Waals surface area contributed by atoms with Crippen molar-refractivity contribution in [3.05, 3.63) is 29.5 Å². The average molecular weight is 205 g/mol. The number of hydrogen-bond acceptors (Lipinski definition) is 4. The van der Waals surface area contributed by atoms with Crippen LogP contribution in [0.3, 0.4) is 0 Å². The van der Waals surface area contributed by atoms with Gasteiger partial charge in [-0.05, 0) is 13.8 Å². The summed E-state index contributed by atoms with van der Waals surface area (Å²) in [6, 6.07) is 0. The monoisotopic (exact) mass is 205 g/mol. The van der Waals surface area contributed by atoms with Gasteiger partial charge in [-0.15, -0.1) is 0 Å². The third-order valence-electron chi connectivity index (χ3n) is 1.87. The quantitative estimate of drug-likeness (QED) is 0.549. The molecule has 0 unspecified atom stereocenters. The number of carbonyl (C=O) groups is 1. The maximum Gasteiger partial charge on any atom is 0.153 e. The summed E-state index contributed by atoms with van der Waals surface area (Å²) >= 11 is 0. The Kier molecular flexibility index (Phi) is 3.55. The van der Waals surface area contributed by atoms with Gasteiger partial charge in [0.15, 0.2) is 6.29 Å². The van der Waals surface area contributed by atoms with E-state index in [2.05, 4.69) is 9.97 Å². The van der Waals surface area contributed by atoms with Gasteiger partial charge >= 0.3 is 0 Å². The van der Waals surface area contributed by atoms with Crippen LogP contribution in [0.25, 0.3) is 5.57 Å². The van der Waals surface area contributed by atoms with Gasteiger partial charge in [-0.2, -0.15) is 0 Å². The van der Waals surface area contributed by atoms with Crippen molar-refractivity contribution in [2.45, 2.75) is 13.8 Å². The Morgan fingerprint density at radius 1 is 1.40 bits per heavy atom. The number of hydrogen-bond donors (Lipinski definition) is 0. The van der Waals surface area contributed by atoms with Gasteiger partial charge in [0.25, 0.3) is 0 Å². The highest BCUT2D eigenvalue weighted by Gasteiger charge is 2.07. The highest BCUT2D eigenvalue weighted by Crippen LogP contribution is 2.13. The first kappa shape index (κ1) is 11.4. The normalized spacial score (nSPS) is 11.3. The largest absolute Gasteiger partial charge is 0.383 e. The molecule has 1 aromatic heterocycles. The molecule has 0 aliphatic heterocycles. The van der Waals surface area contributed by atoms with E-state index in [9.17, 15) is 4.79 Å². The standard InChI is InChI=1S/C11H15N3O/c1-8-5-12-9(2)11(13-8)10(7-15)6-14(3)4/h5-7H,1-4H3. The second-order valence-corrected chi connectivity index (χ2v) is 3.61. The Labute approximate surface area is 89.7 Å². The molecule has 1 heterocycles. The molecule has 0 spiro atoms. The maximum atomic E-state index is 10.9. The molecule has 0 saturated heterocycles. The topological polar surface area (TPSA) is 46.1 Å². The summed E-state index contributed by atoms with van der Waals surface area (Å²) in [7, 11) is 3.73. The van der Waals surface area contributed by atoms with E-state index in [-0.39, 0.29) is 0 Å². The summed E-state index contributed by atoms with van der Waals surface area (Å²) in [6.07, 6.45) is 4.23. The number of allylic oxidation sites excluding steroid dienone is 1. The predicted molar refractivity (Wildman–Crippen MR) is 59.2 cm³/mol. The zero-order valence-corrected chi connectivity index (χ0v) is 9.48. The SMILES string of the molecule is Cc1cnc(C)c(C(C=O)=CN(C)C)n1. The minimum Gasteiger partial charge on any atom is -0.383 e. The molecule has 0 bridgehead atoms. The van der Waals surface area contributed by atoms with Gasteiger partial charge in [-0.1, -0.05) is 0 Å². The predicted octanol–water partition coefficient (Wildman–Crippen LogP) is 1.19. The van der Waals surface area contributed by atoms with Crippen LogP contribution >= 0.6 is 0 Å². The van der Waals surface area contributed by atoms with Crippen LogP contribution in [-0.4, -0.2) is 35.2 Å². The molecule has 0 fully saturated rings. The van der Waals surface area contributed by atoms with Crippen LogP contribution < -0.4 is 0 Å². The Morgan fingerprint density at radius 3 is 2.60 bits per heavy atom. The van der Waals surface area contributed by atoms with Crippen molar-refractivity contribution in [2.24, 2.45) is 0 Å². The summed E-state index contributed by atoms with van der Waals surface area (Å²) in [5.41, 5.74) is 2.77. The lowest BCUT2D eigenvalue weighted by Crippen LogP contribution is -2.06. The molecule has 1 rings (SSSR count). The molecule has 0 saturated carbocycles. The van der Waals surface area contributed by atoms with Crippen LogP contribution in [0.15, 0.2) is 12.4 Å². The minimum atomic E-state index is 0.550. The van der Waals surface area contributed by atoms with Crippen LogP contribution in [0.1, 0.15) is 17.1 Å². The maximum absolute atomic E-state index is 10.9. The Bertz CT molecular complexity index is 397. The average Bonchev–Trinajstić information content (AvgIpc) is 2.18. The van der Waals surface area contributed by atoms with Crippen molar-refractivity contribution in [3.63, 3.8) is 0 Å². The first-order valence-corrected chi connectivity index (χ1v) is 4.68. The van der Waals surface area contributed by atoms with Crippen molar-refractivity contribution in [3.8, 4) is 0 Å². The zero-order chi connectivity index (χ0) is 11.4. The van der Waals surface area contributed by atoms with E-state index in [1.165, 1.54) is 0 Å². The zero-order valence-electron chi connectivity index (χ0n) is 9.48. The van der Waals surface area contributed by atoms with Gasteiger partial charge < -0.3 is 4.90 Å². The van der Waals surface area contributed by atoms with E-state index in [0.29, 0.717) is 11.3 Å². The molecule has 4 nitrogen and oxygen atoms in total. The van der Waals surface area contributed by atoms with Crippen molar-refractivity contribution >= 4 is 11.9 Å². The summed E-state index contributed by atoms with van der Waals surface area (Å²) in [5, 5.41) is 0. The third kappa shape index (κ3) is 2.87. The molecule has 1 aromatic rings. The van der Waals surface area contributed by atoms with E-state index in [0.717, 1.165) is 17.7 Å². The summed E-state index contributed by atoms with van der Waals surface area (Å²) in [6.45, 7) is 3.70. The van der Waals surface area contributed by atoms with E-state index < -0.39 is 0 Å². The minimum absolute atomic E-state index is 0.550. The van der Waals surface area contributed by atoms with Gasteiger partial charge in [0, 0.05) is 26.5 Å². The third-order valence-corrected chi connectivity index (χ3v) is 1.87. The summed E-state index contributed by atoms with van der Waals surface area (Å²) in [5.74, 6) is 0. The van der Waals surface area contributed by atoms with Gasteiger partial charge in [0.1, 0.15) is 0 Å². The van der Waals surface area contributed by atoms with Crippen molar-refractivity contribution < 1.29 is 4.79 Å².